The third-order valence-electron chi connectivity index (χ3n) is 3.06. The number of aromatic nitrogens is 3. The van der Waals surface area contributed by atoms with Crippen molar-refractivity contribution >= 4 is 16.3 Å². The molecule has 0 amide bonds. The highest BCUT2D eigenvalue weighted by Crippen LogP contribution is 2.45. The minimum absolute atomic E-state index is 0.373. The summed E-state index contributed by atoms with van der Waals surface area (Å²) < 4.78 is 2.11. The molecule has 0 unspecified atom stereocenters. The standard InChI is InChI=1S/C12H16N4S/c1-7(2)16-6-14-5-9(16)10-11(13)17-12(15-10)8-3-4-8/h5-8H,3-4,13H2,1-2H3. The lowest BCUT2D eigenvalue weighted by Gasteiger charge is -2.10. The second-order valence-corrected chi connectivity index (χ2v) is 5.88. The fourth-order valence-corrected chi connectivity index (χ4v) is 2.95. The van der Waals surface area contributed by atoms with Gasteiger partial charge in [-0.3, -0.25) is 0 Å². The summed E-state index contributed by atoms with van der Waals surface area (Å²) in [5.74, 6) is 0.659. The molecule has 2 heterocycles. The van der Waals surface area contributed by atoms with Crippen molar-refractivity contribution in [3.63, 3.8) is 0 Å². The highest BCUT2D eigenvalue weighted by atomic mass is 32.1. The minimum atomic E-state index is 0.373. The summed E-state index contributed by atoms with van der Waals surface area (Å²) in [6.45, 7) is 4.27. The van der Waals surface area contributed by atoms with Gasteiger partial charge in [-0.1, -0.05) is 0 Å². The molecule has 1 aliphatic carbocycles. The number of nitrogens with zero attached hydrogens (tertiary/aromatic N) is 3. The van der Waals surface area contributed by atoms with Crippen molar-refractivity contribution in [2.75, 3.05) is 5.73 Å². The fourth-order valence-electron chi connectivity index (χ4n) is 1.94. The second kappa shape index (κ2) is 3.84. The summed E-state index contributed by atoms with van der Waals surface area (Å²) >= 11 is 1.63. The van der Waals surface area contributed by atoms with E-state index < -0.39 is 0 Å². The van der Waals surface area contributed by atoms with Crippen molar-refractivity contribution in [2.24, 2.45) is 0 Å². The van der Waals surface area contributed by atoms with E-state index in [9.17, 15) is 0 Å². The van der Waals surface area contributed by atoms with Crippen LogP contribution >= 0.6 is 11.3 Å². The molecular formula is C12H16N4S. The molecule has 1 fully saturated rings. The second-order valence-electron chi connectivity index (χ2n) is 4.82. The molecular weight excluding hydrogens is 232 g/mol. The van der Waals surface area contributed by atoms with Gasteiger partial charge in [0, 0.05) is 12.0 Å². The van der Waals surface area contributed by atoms with Gasteiger partial charge in [-0.05, 0) is 26.7 Å². The van der Waals surface area contributed by atoms with Crippen LogP contribution in [0.5, 0.6) is 0 Å². The number of hydrogen-bond acceptors (Lipinski definition) is 4. The van der Waals surface area contributed by atoms with Gasteiger partial charge < -0.3 is 10.3 Å². The van der Waals surface area contributed by atoms with E-state index in [4.69, 9.17) is 5.73 Å². The van der Waals surface area contributed by atoms with Crippen LogP contribution in [0.25, 0.3) is 11.4 Å². The van der Waals surface area contributed by atoms with Gasteiger partial charge in [0.2, 0.25) is 0 Å². The summed E-state index contributed by atoms with van der Waals surface area (Å²) in [5, 5.41) is 2.00. The van der Waals surface area contributed by atoms with Crippen LogP contribution in [0.15, 0.2) is 12.5 Å². The Hall–Kier alpha value is -1.36. The number of rotatable bonds is 3. The van der Waals surface area contributed by atoms with Crippen LogP contribution in [-0.2, 0) is 0 Å². The quantitative estimate of drug-likeness (QED) is 0.908. The largest absolute Gasteiger partial charge is 0.389 e. The predicted molar refractivity (Wildman–Crippen MR) is 70.1 cm³/mol. The van der Waals surface area contributed by atoms with Gasteiger partial charge in [-0.15, -0.1) is 11.3 Å². The molecule has 0 spiro atoms. The molecule has 2 N–H and O–H groups in total. The SMILES string of the molecule is CC(C)n1cncc1-c1nc(C2CC2)sc1N. The number of hydrogen-bond donors (Lipinski definition) is 1. The number of anilines is 1. The van der Waals surface area contributed by atoms with Gasteiger partial charge in [0.15, 0.2) is 0 Å². The van der Waals surface area contributed by atoms with Crippen LogP contribution in [0.1, 0.15) is 43.7 Å². The summed E-state index contributed by atoms with van der Waals surface area (Å²) in [7, 11) is 0. The molecule has 0 radical (unpaired) electrons. The fraction of sp³-hybridized carbons (Fsp3) is 0.500. The lowest BCUT2D eigenvalue weighted by Crippen LogP contribution is -2.02. The van der Waals surface area contributed by atoms with E-state index in [0.717, 1.165) is 16.4 Å². The van der Waals surface area contributed by atoms with E-state index in [1.807, 2.05) is 12.5 Å². The van der Waals surface area contributed by atoms with E-state index in [1.165, 1.54) is 17.8 Å². The average Bonchev–Trinajstić information content (AvgIpc) is 2.88. The monoisotopic (exact) mass is 248 g/mol. The van der Waals surface area contributed by atoms with Crippen LogP contribution < -0.4 is 5.73 Å². The molecule has 0 aliphatic heterocycles. The Balaban J connectivity index is 2.04. The van der Waals surface area contributed by atoms with E-state index >= 15 is 0 Å². The van der Waals surface area contributed by atoms with Crippen LogP contribution in [0.4, 0.5) is 5.00 Å². The first-order valence-corrected chi connectivity index (χ1v) is 6.77. The van der Waals surface area contributed by atoms with Crippen molar-refractivity contribution in [1.82, 2.24) is 14.5 Å². The molecule has 0 atom stereocenters. The van der Waals surface area contributed by atoms with Gasteiger partial charge >= 0.3 is 0 Å². The van der Waals surface area contributed by atoms with Crippen molar-refractivity contribution in [3.05, 3.63) is 17.5 Å². The first-order chi connectivity index (χ1) is 8.16. The molecule has 1 aliphatic rings. The van der Waals surface area contributed by atoms with Gasteiger partial charge in [-0.25, -0.2) is 9.97 Å². The zero-order chi connectivity index (χ0) is 12.0. The molecule has 0 saturated heterocycles. The third kappa shape index (κ3) is 1.84. The van der Waals surface area contributed by atoms with E-state index in [1.54, 1.807) is 11.3 Å². The normalized spacial score (nSPS) is 15.7. The van der Waals surface area contributed by atoms with E-state index in [0.29, 0.717) is 12.0 Å². The molecule has 0 bridgehead atoms. The molecule has 1 saturated carbocycles. The Labute approximate surface area is 105 Å². The number of nitrogen functional groups attached to an aromatic ring is 1. The third-order valence-corrected chi connectivity index (χ3v) is 4.11. The Morgan fingerprint density at radius 2 is 2.24 bits per heavy atom. The first kappa shape index (κ1) is 10.8. The summed E-state index contributed by atoms with van der Waals surface area (Å²) in [6.07, 6.45) is 6.21. The minimum Gasteiger partial charge on any atom is -0.389 e. The average molecular weight is 248 g/mol. The van der Waals surface area contributed by atoms with Gasteiger partial charge in [0.25, 0.3) is 0 Å². The molecule has 2 aromatic rings. The van der Waals surface area contributed by atoms with Gasteiger partial charge in [0.05, 0.1) is 23.2 Å². The number of imidazole rings is 1. The van der Waals surface area contributed by atoms with Crippen molar-refractivity contribution < 1.29 is 0 Å². The lowest BCUT2D eigenvalue weighted by atomic mass is 10.3. The number of nitrogens with two attached hydrogens (primary N) is 1. The Bertz CT molecular complexity index is 536. The maximum Gasteiger partial charge on any atom is 0.123 e. The van der Waals surface area contributed by atoms with E-state index in [2.05, 4.69) is 28.4 Å². The van der Waals surface area contributed by atoms with Gasteiger partial charge in [0.1, 0.15) is 10.7 Å². The summed E-state index contributed by atoms with van der Waals surface area (Å²) in [5.41, 5.74) is 8.02. The highest BCUT2D eigenvalue weighted by molar-refractivity contribution is 7.16. The topological polar surface area (TPSA) is 56.7 Å². The van der Waals surface area contributed by atoms with Crippen molar-refractivity contribution in [3.8, 4) is 11.4 Å². The molecule has 90 valence electrons. The molecule has 3 rings (SSSR count). The van der Waals surface area contributed by atoms with Crippen LogP contribution in [0.2, 0.25) is 0 Å². The zero-order valence-electron chi connectivity index (χ0n) is 10.1. The maximum atomic E-state index is 6.08. The first-order valence-electron chi connectivity index (χ1n) is 5.95. The molecule has 5 heteroatoms. The van der Waals surface area contributed by atoms with Crippen LogP contribution in [0.3, 0.4) is 0 Å². The van der Waals surface area contributed by atoms with Crippen LogP contribution in [-0.4, -0.2) is 14.5 Å². The zero-order valence-corrected chi connectivity index (χ0v) is 10.9. The molecule has 4 nitrogen and oxygen atoms in total. The summed E-state index contributed by atoms with van der Waals surface area (Å²) in [4.78, 5) is 8.89. The smallest absolute Gasteiger partial charge is 0.123 e. The Kier molecular flexibility index (Phi) is 2.43. The van der Waals surface area contributed by atoms with Gasteiger partial charge in [-0.2, -0.15) is 0 Å². The highest BCUT2D eigenvalue weighted by Gasteiger charge is 2.28. The summed E-state index contributed by atoms with van der Waals surface area (Å²) in [6, 6.07) is 0.373. The van der Waals surface area contributed by atoms with E-state index in [-0.39, 0.29) is 0 Å². The molecule has 2 aromatic heterocycles. The Morgan fingerprint density at radius 1 is 1.47 bits per heavy atom. The molecule has 17 heavy (non-hydrogen) atoms. The van der Waals surface area contributed by atoms with Crippen LogP contribution in [0, 0.1) is 0 Å². The predicted octanol–water partition coefficient (Wildman–Crippen LogP) is 3.05. The number of thiazole rings is 1. The Morgan fingerprint density at radius 3 is 2.88 bits per heavy atom. The maximum absolute atomic E-state index is 6.08. The van der Waals surface area contributed by atoms with Crippen molar-refractivity contribution in [1.29, 1.82) is 0 Å². The lowest BCUT2D eigenvalue weighted by molar-refractivity contribution is 0.604. The van der Waals surface area contributed by atoms with Crippen molar-refractivity contribution in [2.45, 2.75) is 38.6 Å². The molecule has 0 aromatic carbocycles.